The van der Waals surface area contributed by atoms with E-state index in [1.54, 1.807) is 20.4 Å². The van der Waals surface area contributed by atoms with Gasteiger partial charge in [-0.15, -0.1) is 0 Å². The van der Waals surface area contributed by atoms with Gasteiger partial charge in [0.25, 0.3) is 0 Å². The molecule has 0 saturated carbocycles. The molecule has 1 aliphatic heterocycles. The van der Waals surface area contributed by atoms with E-state index in [2.05, 4.69) is 22.1 Å². The minimum absolute atomic E-state index is 0.666. The summed E-state index contributed by atoms with van der Waals surface area (Å²) < 4.78 is 12.6. The Kier molecular flexibility index (Phi) is 4.03. The first-order valence-corrected chi connectivity index (χ1v) is 7.21. The Bertz CT molecular complexity index is 642. The summed E-state index contributed by atoms with van der Waals surface area (Å²) in [7, 11) is 3.33. The van der Waals surface area contributed by atoms with Crippen LogP contribution >= 0.6 is 11.6 Å². The smallest absolute Gasteiger partial charge is 0.161 e. The lowest BCUT2D eigenvalue weighted by atomic mass is 9.99. The molecule has 2 aromatic rings. The number of ether oxygens (including phenoxy) is 2. The average Bonchev–Trinajstić information content (AvgIpc) is 2.90. The van der Waals surface area contributed by atoms with Gasteiger partial charge < -0.3 is 9.47 Å². The Hall–Kier alpha value is -1.72. The Labute approximate surface area is 129 Å². The number of benzene rings is 1. The summed E-state index contributed by atoms with van der Waals surface area (Å²) >= 11 is 5.90. The van der Waals surface area contributed by atoms with Gasteiger partial charge in [-0.05, 0) is 29.7 Å². The number of hydrogen-bond donors (Lipinski definition) is 0. The van der Waals surface area contributed by atoms with E-state index in [9.17, 15) is 0 Å². The van der Waals surface area contributed by atoms with Crippen LogP contribution in [0, 0.1) is 0 Å². The van der Waals surface area contributed by atoms with Gasteiger partial charge in [0.2, 0.25) is 0 Å². The van der Waals surface area contributed by atoms with E-state index in [0.717, 1.165) is 37.7 Å². The van der Waals surface area contributed by atoms with E-state index >= 15 is 0 Å². The highest BCUT2D eigenvalue weighted by atomic mass is 35.5. The molecular formula is C15H18ClN3O2. The summed E-state index contributed by atoms with van der Waals surface area (Å²) in [5.41, 5.74) is 2.60. The van der Waals surface area contributed by atoms with Crippen molar-refractivity contribution in [1.82, 2.24) is 14.7 Å². The van der Waals surface area contributed by atoms with Crippen molar-refractivity contribution in [3.05, 3.63) is 40.7 Å². The normalized spacial score (nSPS) is 14.8. The Morgan fingerprint density at radius 1 is 1.19 bits per heavy atom. The molecule has 0 fully saturated rings. The molecule has 112 valence electrons. The lowest BCUT2D eigenvalue weighted by Gasteiger charge is -2.29. The first-order valence-electron chi connectivity index (χ1n) is 6.83. The predicted molar refractivity (Wildman–Crippen MR) is 80.9 cm³/mol. The van der Waals surface area contributed by atoms with Crippen molar-refractivity contribution in [3.63, 3.8) is 0 Å². The van der Waals surface area contributed by atoms with Crippen LogP contribution in [-0.2, 0) is 19.6 Å². The zero-order chi connectivity index (χ0) is 14.8. The number of halogens is 1. The largest absolute Gasteiger partial charge is 0.493 e. The summed E-state index contributed by atoms with van der Waals surface area (Å²) in [4.78, 5) is 2.33. The molecule has 0 radical (unpaired) electrons. The molecule has 0 bridgehead atoms. The van der Waals surface area contributed by atoms with Gasteiger partial charge in [0.1, 0.15) is 0 Å². The van der Waals surface area contributed by atoms with Crippen LogP contribution in [-0.4, -0.2) is 35.4 Å². The number of nitrogens with zero attached hydrogens (tertiary/aromatic N) is 3. The van der Waals surface area contributed by atoms with E-state index < -0.39 is 0 Å². The predicted octanol–water partition coefficient (Wildman–Crippen LogP) is 2.57. The van der Waals surface area contributed by atoms with Gasteiger partial charge >= 0.3 is 0 Å². The lowest BCUT2D eigenvalue weighted by molar-refractivity contribution is 0.189. The fourth-order valence-electron chi connectivity index (χ4n) is 2.68. The third-order valence-corrected chi connectivity index (χ3v) is 3.94. The molecule has 0 atom stereocenters. The third-order valence-electron chi connectivity index (χ3n) is 3.74. The number of methoxy groups -OCH3 is 2. The van der Waals surface area contributed by atoms with Crippen LogP contribution in [0.5, 0.6) is 11.5 Å². The molecule has 1 aromatic heterocycles. The van der Waals surface area contributed by atoms with Crippen LogP contribution in [0.25, 0.3) is 0 Å². The minimum Gasteiger partial charge on any atom is -0.493 e. The zero-order valence-electron chi connectivity index (χ0n) is 12.2. The molecule has 0 unspecified atom stereocenters. The second-order valence-corrected chi connectivity index (χ2v) is 5.55. The highest BCUT2D eigenvalue weighted by Crippen LogP contribution is 2.33. The number of fused-ring (bicyclic) bond motifs is 1. The first kappa shape index (κ1) is 14.2. The maximum atomic E-state index is 5.90. The molecular weight excluding hydrogens is 290 g/mol. The number of aromatic nitrogens is 2. The summed E-state index contributed by atoms with van der Waals surface area (Å²) in [6, 6.07) is 4.15. The van der Waals surface area contributed by atoms with Crippen molar-refractivity contribution in [2.24, 2.45) is 0 Å². The van der Waals surface area contributed by atoms with Gasteiger partial charge in [-0.1, -0.05) is 11.6 Å². The Morgan fingerprint density at radius 2 is 1.90 bits per heavy atom. The summed E-state index contributed by atoms with van der Waals surface area (Å²) in [6.07, 6.45) is 4.49. The van der Waals surface area contributed by atoms with Gasteiger partial charge in [-0.2, -0.15) is 5.10 Å². The third kappa shape index (κ3) is 2.99. The van der Waals surface area contributed by atoms with Crippen LogP contribution in [0.2, 0.25) is 5.02 Å². The Balaban J connectivity index is 1.78. The minimum atomic E-state index is 0.666. The van der Waals surface area contributed by atoms with Crippen LogP contribution in [0.15, 0.2) is 24.5 Å². The van der Waals surface area contributed by atoms with Gasteiger partial charge in [-0.3, -0.25) is 9.58 Å². The highest BCUT2D eigenvalue weighted by Gasteiger charge is 2.19. The van der Waals surface area contributed by atoms with Gasteiger partial charge in [0.05, 0.1) is 32.1 Å². The molecule has 1 aliphatic rings. The van der Waals surface area contributed by atoms with E-state index in [1.807, 2.05) is 10.9 Å². The lowest BCUT2D eigenvalue weighted by Crippen LogP contribution is -2.32. The quantitative estimate of drug-likeness (QED) is 0.870. The van der Waals surface area contributed by atoms with Gasteiger partial charge in [0.15, 0.2) is 11.5 Å². The summed E-state index contributed by atoms with van der Waals surface area (Å²) in [5.74, 6) is 1.57. The molecule has 0 amide bonds. The molecule has 5 nitrogen and oxygen atoms in total. The molecule has 0 N–H and O–H groups in total. The second-order valence-electron chi connectivity index (χ2n) is 5.12. The van der Waals surface area contributed by atoms with Crippen molar-refractivity contribution in [2.45, 2.75) is 19.6 Å². The molecule has 0 spiro atoms. The second kappa shape index (κ2) is 5.95. The standard InChI is InChI=1S/C15H18ClN3O2/c1-20-14-5-11-3-4-18(8-12(11)6-15(14)21-2)10-19-9-13(16)7-17-19/h5-7,9H,3-4,8,10H2,1-2H3. The Morgan fingerprint density at radius 3 is 2.52 bits per heavy atom. The number of hydrogen-bond acceptors (Lipinski definition) is 4. The molecule has 0 aliphatic carbocycles. The van der Waals surface area contributed by atoms with Crippen LogP contribution in [0.3, 0.4) is 0 Å². The molecule has 21 heavy (non-hydrogen) atoms. The van der Waals surface area contributed by atoms with Crippen molar-refractivity contribution >= 4 is 11.6 Å². The van der Waals surface area contributed by atoms with Crippen molar-refractivity contribution < 1.29 is 9.47 Å². The fourth-order valence-corrected chi connectivity index (χ4v) is 2.84. The van der Waals surface area contributed by atoms with E-state index in [0.29, 0.717) is 5.02 Å². The van der Waals surface area contributed by atoms with Gasteiger partial charge in [0, 0.05) is 19.3 Å². The zero-order valence-corrected chi connectivity index (χ0v) is 12.9. The van der Waals surface area contributed by atoms with Crippen molar-refractivity contribution in [1.29, 1.82) is 0 Å². The topological polar surface area (TPSA) is 39.5 Å². The van der Waals surface area contributed by atoms with Crippen LogP contribution in [0.4, 0.5) is 0 Å². The number of rotatable bonds is 4. The van der Waals surface area contributed by atoms with E-state index in [-0.39, 0.29) is 0 Å². The van der Waals surface area contributed by atoms with Crippen LogP contribution < -0.4 is 9.47 Å². The SMILES string of the molecule is COc1cc2c(cc1OC)CN(Cn1cc(Cl)cn1)CC2. The maximum Gasteiger partial charge on any atom is 0.161 e. The molecule has 0 saturated heterocycles. The molecule has 3 rings (SSSR count). The van der Waals surface area contributed by atoms with E-state index in [4.69, 9.17) is 21.1 Å². The monoisotopic (exact) mass is 307 g/mol. The average molecular weight is 308 g/mol. The highest BCUT2D eigenvalue weighted by molar-refractivity contribution is 6.30. The van der Waals surface area contributed by atoms with Crippen molar-refractivity contribution in [2.75, 3.05) is 20.8 Å². The maximum absolute atomic E-state index is 5.90. The van der Waals surface area contributed by atoms with E-state index in [1.165, 1.54) is 11.1 Å². The summed E-state index contributed by atoms with van der Waals surface area (Å²) in [6.45, 7) is 2.59. The van der Waals surface area contributed by atoms with Crippen molar-refractivity contribution in [3.8, 4) is 11.5 Å². The molecule has 1 aromatic carbocycles. The summed E-state index contributed by atoms with van der Waals surface area (Å²) in [5, 5.41) is 4.89. The molecule has 6 heteroatoms. The van der Waals surface area contributed by atoms with Crippen LogP contribution in [0.1, 0.15) is 11.1 Å². The molecule has 2 heterocycles. The van der Waals surface area contributed by atoms with Gasteiger partial charge in [-0.25, -0.2) is 0 Å². The fraction of sp³-hybridized carbons (Fsp3) is 0.400. The first-order chi connectivity index (χ1) is 10.2.